The Morgan fingerprint density at radius 3 is 2.66 bits per heavy atom. The number of guanidine groups is 1. The highest BCUT2D eigenvalue weighted by molar-refractivity contribution is 5.80. The van der Waals surface area contributed by atoms with Gasteiger partial charge in [0.15, 0.2) is 5.96 Å². The minimum atomic E-state index is -0.465. The third-order valence-electron chi connectivity index (χ3n) is 6.45. The van der Waals surface area contributed by atoms with Crippen LogP contribution in [0.4, 0.5) is 4.79 Å². The number of furan rings is 1. The summed E-state index contributed by atoms with van der Waals surface area (Å²) in [7, 11) is 0. The average molecular weight is 447 g/mol. The summed E-state index contributed by atoms with van der Waals surface area (Å²) in [5.41, 5.74) is -0.465. The molecule has 2 N–H and O–H groups in total. The monoisotopic (exact) mass is 446 g/mol. The van der Waals surface area contributed by atoms with Crippen LogP contribution < -0.4 is 10.6 Å². The van der Waals surface area contributed by atoms with Gasteiger partial charge in [0.05, 0.1) is 12.9 Å². The van der Waals surface area contributed by atoms with Crippen molar-refractivity contribution in [1.82, 2.24) is 15.5 Å². The molecule has 8 nitrogen and oxygen atoms in total. The Morgan fingerprint density at radius 2 is 2.03 bits per heavy atom. The number of amides is 1. The number of carbonyl (C=O) groups excluding carboxylic acids is 1. The smallest absolute Gasteiger partial charge is 0.410 e. The van der Waals surface area contributed by atoms with Crippen molar-refractivity contribution in [3.05, 3.63) is 24.2 Å². The van der Waals surface area contributed by atoms with Gasteiger partial charge in [0.1, 0.15) is 11.4 Å². The fourth-order valence-corrected chi connectivity index (χ4v) is 4.96. The SMILES string of the molecule is CC(C)(C)OC(=O)N1C2CCC1CC(NC(=NCC1CCOC1)NCCc1ccco1)C2. The van der Waals surface area contributed by atoms with Crippen LogP contribution in [0.5, 0.6) is 0 Å². The lowest BCUT2D eigenvalue weighted by atomic mass is 9.98. The first-order valence-corrected chi connectivity index (χ1v) is 12.0. The summed E-state index contributed by atoms with van der Waals surface area (Å²) in [5, 5.41) is 7.13. The molecule has 0 aromatic carbocycles. The minimum absolute atomic E-state index is 0.171. The van der Waals surface area contributed by atoms with Gasteiger partial charge in [-0.2, -0.15) is 0 Å². The van der Waals surface area contributed by atoms with Crippen LogP contribution in [0, 0.1) is 5.92 Å². The maximum atomic E-state index is 12.7. The largest absolute Gasteiger partial charge is 0.469 e. The Hall–Kier alpha value is -2.22. The number of fused-ring (bicyclic) bond motifs is 2. The molecule has 3 aliphatic rings. The van der Waals surface area contributed by atoms with E-state index in [4.69, 9.17) is 18.9 Å². The Bertz CT molecular complexity index is 753. The molecular weight excluding hydrogens is 408 g/mol. The number of nitrogens with one attached hydrogen (secondary N) is 2. The molecule has 1 aromatic rings. The minimum Gasteiger partial charge on any atom is -0.469 e. The maximum absolute atomic E-state index is 12.7. The number of carbonyl (C=O) groups is 1. The molecule has 3 saturated heterocycles. The zero-order chi connectivity index (χ0) is 22.6. The lowest BCUT2D eigenvalue weighted by Crippen LogP contribution is -2.55. The lowest BCUT2D eigenvalue weighted by Gasteiger charge is -2.40. The van der Waals surface area contributed by atoms with Crippen LogP contribution in [0.15, 0.2) is 27.8 Å². The van der Waals surface area contributed by atoms with Crippen molar-refractivity contribution < 1.29 is 18.7 Å². The summed E-state index contributed by atoms with van der Waals surface area (Å²) in [6.07, 6.45) is 7.33. The van der Waals surface area contributed by atoms with E-state index >= 15 is 0 Å². The first kappa shape index (κ1) is 23.0. The first-order valence-electron chi connectivity index (χ1n) is 12.0. The van der Waals surface area contributed by atoms with E-state index in [1.165, 1.54) is 0 Å². The average Bonchev–Trinajstić information content (AvgIpc) is 3.46. The number of aliphatic imine (C=N–C) groups is 1. The maximum Gasteiger partial charge on any atom is 0.410 e. The van der Waals surface area contributed by atoms with E-state index in [1.54, 1.807) is 6.26 Å². The molecule has 4 rings (SSSR count). The number of nitrogens with zero attached hydrogens (tertiary/aromatic N) is 2. The van der Waals surface area contributed by atoms with Gasteiger partial charge in [-0.05, 0) is 65.0 Å². The van der Waals surface area contributed by atoms with Gasteiger partial charge in [-0.3, -0.25) is 4.99 Å². The molecule has 1 amide bonds. The zero-order valence-electron chi connectivity index (χ0n) is 19.6. The Morgan fingerprint density at radius 1 is 1.25 bits per heavy atom. The summed E-state index contributed by atoms with van der Waals surface area (Å²) in [6.45, 7) is 8.92. The van der Waals surface area contributed by atoms with Crippen LogP contribution in [0.3, 0.4) is 0 Å². The molecule has 178 valence electrons. The van der Waals surface area contributed by atoms with E-state index in [2.05, 4.69) is 10.6 Å². The molecule has 2 bridgehead atoms. The summed E-state index contributed by atoms with van der Waals surface area (Å²) in [5.74, 6) is 2.30. The molecule has 3 atom stereocenters. The van der Waals surface area contributed by atoms with Crippen molar-refractivity contribution in [2.24, 2.45) is 10.9 Å². The number of hydrogen-bond acceptors (Lipinski definition) is 5. The third-order valence-corrected chi connectivity index (χ3v) is 6.45. The van der Waals surface area contributed by atoms with E-state index < -0.39 is 5.60 Å². The van der Waals surface area contributed by atoms with Gasteiger partial charge in [-0.15, -0.1) is 0 Å². The van der Waals surface area contributed by atoms with E-state index in [9.17, 15) is 4.79 Å². The summed E-state index contributed by atoms with van der Waals surface area (Å²) in [4.78, 5) is 19.6. The van der Waals surface area contributed by atoms with Crippen molar-refractivity contribution in [3.8, 4) is 0 Å². The van der Waals surface area contributed by atoms with Gasteiger partial charge < -0.3 is 29.4 Å². The lowest BCUT2D eigenvalue weighted by molar-refractivity contribution is 0.00545. The van der Waals surface area contributed by atoms with E-state index in [-0.39, 0.29) is 18.2 Å². The Balaban J connectivity index is 1.34. The molecule has 32 heavy (non-hydrogen) atoms. The highest BCUT2D eigenvalue weighted by atomic mass is 16.6. The summed E-state index contributed by atoms with van der Waals surface area (Å²) >= 11 is 0. The second kappa shape index (κ2) is 10.1. The quantitative estimate of drug-likeness (QED) is 0.515. The second-order valence-electron chi connectivity index (χ2n) is 10.3. The molecule has 0 radical (unpaired) electrons. The normalized spacial score (nSPS) is 28.1. The predicted octanol–water partition coefficient (Wildman–Crippen LogP) is 3.32. The van der Waals surface area contributed by atoms with Crippen LogP contribution >= 0.6 is 0 Å². The van der Waals surface area contributed by atoms with Crippen LogP contribution in [-0.2, 0) is 15.9 Å². The van der Waals surface area contributed by atoms with Crippen LogP contribution in [0.2, 0.25) is 0 Å². The van der Waals surface area contributed by atoms with Gasteiger partial charge in [-0.1, -0.05) is 0 Å². The molecule has 3 unspecified atom stereocenters. The Labute approximate surface area is 191 Å². The number of ether oxygens (including phenoxy) is 2. The molecule has 1 aromatic heterocycles. The van der Waals surface area contributed by atoms with Gasteiger partial charge in [0, 0.05) is 50.2 Å². The van der Waals surface area contributed by atoms with E-state index in [0.717, 1.165) is 76.5 Å². The van der Waals surface area contributed by atoms with Crippen LogP contribution in [0.1, 0.15) is 58.6 Å². The molecule has 4 heterocycles. The van der Waals surface area contributed by atoms with Crippen molar-refractivity contribution in [2.45, 2.75) is 83.0 Å². The predicted molar refractivity (Wildman–Crippen MR) is 123 cm³/mol. The number of hydrogen-bond donors (Lipinski definition) is 2. The molecule has 0 saturated carbocycles. The van der Waals surface area contributed by atoms with E-state index in [1.807, 2.05) is 37.8 Å². The molecule has 8 heteroatoms. The second-order valence-corrected chi connectivity index (χ2v) is 10.3. The van der Waals surface area contributed by atoms with E-state index in [0.29, 0.717) is 12.0 Å². The fraction of sp³-hybridized carbons (Fsp3) is 0.750. The number of piperidine rings is 1. The van der Waals surface area contributed by atoms with Crippen molar-refractivity contribution in [1.29, 1.82) is 0 Å². The van der Waals surface area contributed by atoms with Crippen molar-refractivity contribution in [2.75, 3.05) is 26.3 Å². The van der Waals surface area contributed by atoms with Gasteiger partial charge in [-0.25, -0.2) is 4.79 Å². The Kier molecular flexibility index (Phi) is 7.28. The molecule has 0 aliphatic carbocycles. The fourth-order valence-electron chi connectivity index (χ4n) is 4.96. The molecule has 3 fully saturated rings. The third kappa shape index (κ3) is 6.18. The van der Waals surface area contributed by atoms with Crippen molar-refractivity contribution in [3.63, 3.8) is 0 Å². The summed E-state index contributed by atoms with van der Waals surface area (Å²) < 4.78 is 16.6. The van der Waals surface area contributed by atoms with Gasteiger partial charge >= 0.3 is 6.09 Å². The van der Waals surface area contributed by atoms with Crippen LogP contribution in [-0.4, -0.2) is 67.0 Å². The van der Waals surface area contributed by atoms with Crippen molar-refractivity contribution >= 4 is 12.1 Å². The summed E-state index contributed by atoms with van der Waals surface area (Å²) in [6, 6.07) is 4.66. The molecule has 3 aliphatic heterocycles. The highest BCUT2D eigenvalue weighted by Crippen LogP contribution is 2.36. The number of rotatable bonds is 6. The zero-order valence-corrected chi connectivity index (χ0v) is 19.6. The topological polar surface area (TPSA) is 88.3 Å². The van der Waals surface area contributed by atoms with Crippen LogP contribution in [0.25, 0.3) is 0 Å². The first-order chi connectivity index (χ1) is 15.4. The molecule has 0 spiro atoms. The van der Waals surface area contributed by atoms with Gasteiger partial charge in [0.25, 0.3) is 0 Å². The van der Waals surface area contributed by atoms with Gasteiger partial charge in [0.2, 0.25) is 0 Å². The highest BCUT2D eigenvalue weighted by Gasteiger charge is 2.45. The standard InChI is InChI=1S/C24H38N4O4/c1-24(2,3)32-23(29)28-19-6-7-20(28)14-18(13-19)27-22(26-15-17-9-12-30-16-17)25-10-8-21-5-4-11-31-21/h4-5,11,17-20H,6-10,12-16H2,1-3H3,(H2,25,26,27). The molecular formula is C24H38N4O4.